The maximum atomic E-state index is 10.9. The Labute approximate surface area is 85.0 Å². The zero-order chi connectivity index (χ0) is 10.9. The van der Waals surface area contributed by atoms with Gasteiger partial charge in [0.05, 0.1) is 5.92 Å². The number of piperidine rings is 1. The second kappa shape index (κ2) is 4.32. The van der Waals surface area contributed by atoms with Crippen molar-refractivity contribution in [3.8, 4) is 0 Å². The molecular weight excluding hydrogens is 181 g/mol. The molecule has 5 heteroatoms. The third-order valence-electron chi connectivity index (χ3n) is 3.17. The molecule has 0 aromatic heterocycles. The minimum atomic E-state index is -0.755. The highest BCUT2D eigenvalue weighted by molar-refractivity contribution is 6.45. The molecule has 2 N–H and O–H groups in total. The zero-order valence-electron chi connectivity index (χ0n) is 8.97. The molecule has 0 aromatic carbocycles. The van der Waals surface area contributed by atoms with Crippen LogP contribution in [0.5, 0.6) is 0 Å². The molecule has 0 unspecified atom stereocenters. The molecular formula is C9H18BNO3. The third-order valence-corrected chi connectivity index (χ3v) is 3.17. The number of rotatable bonds is 2. The van der Waals surface area contributed by atoms with Crippen LogP contribution in [0.2, 0.25) is 6.82 Å². The van der Waals surface area contributed by atoms with Gasteiger partial charge in [0.2, 0.25) is 0 Å². The molecule has 0 aromatic rings. The summed E-state index contributed by atoms with van der Waals surface area (Å²) >= 11 is 0. The molecule has 14 heavy (non-hydrogen) atoms. The summed E-state index contributed by atoms with van der Waals surface area (Å²) < 4.78 is 0. The highest BCUT2D eigenvalue weighted by Gasteiger charge is 2.37. The van der Waals surface area contributed by atoms with E-state index in [2.05, 4.69) is 0 Å². The minimum Gasteiger partial charge on any atom is -0.481 e. The number of nitrogens with zero attached hydrogens (tertiary/aromatic N) is 1. The SMILES string of the molecule is CB(O)N1C[C@H](C(=O)O)[C@@H](C)C[C@@H]1C. The van der Waals surface area contributed by atoms with Crippen LogP contribution in [-0.4, -0.2) is 40.5 Å². The van der Waals surface area contributed by atoms with Gasteiger partial charge >= 0.3 is 13.0 Å². The van der Waals surface area contributed by atoms with E-state index in [1.165, 1.54) is 0 Å². The minimum absolute atomic E-state index is 0.192. The topological polar surface area (TPSA) is 60.8 Å². The third kappa shape index (κ3) is 2.28. The Bertz CT molecular complexity index is 222. The van der Waals surface area contributed by atoms with Crippen molar-refractivity contribution in [3.63, 3.8) is 0 Å². The van der Waals surface area contributed by atoms with Crippen LogP contribution in [0.4, 0.5) is 0 Å². The molecule has 4 nitrogen and oxygen atoms in total. The molecule has 1 aliphatic rings. The highest BCUT2D eigenvalue weighted by atomic mass is 16.4. The second-order valence-electron chi connectivity index (χ2n) is 4.34. The van der Waals surface area contributed by atoms with Gasteiger partial charge in [0.15, 0.2) is 0 Å². The van der Waals surface area contributed by atoms with Crippen molar-refractivity contribution in [1.82, 2.24) is 4.81 Å². The number of carboxylic acid groups (broad SMARTS) is 1. The number of aliphatic carboxylic acids is 1. The average molecular weight is 199 g/mol. The summed E-state index contributed by atoms with van der Waals surface area (Å²) in [5.41, 5.74) is 0. The van der Waals surface area contributed by atoms with Gasteiger partial charge in [0, 0.05) is 6.54 Å². The van der Waals surface area contributed by atoms with Crippen LogP contribution in [0, 0.1) is 11.8 Å². The van der Waals surface area contributed by atoms with Crippen LogP contribution in [0.3, 0.4) is 0 Å². The first-order valence-corrected chi connectivity index (χ1v) is 5.10. The van der Waals surface area contributed by atoms with Crippen molar-refractivity contribution >= 4 is 13.0 Å². The molecule has 1 aliphatic heterocycles. The quantitative estimate of drug-likeness (QED) is 0.636. The summed E-state index contributed by atoms with van der Waals surface area (Å²) in [7, 11) is -0.556. The summed E-state index contributed by atoms with van der Waals surface area (Å²) in [6.07, 6.45) is 0.835. The van der Waals surface area contributed by atoms with E-state index < -0.39 is 13.0 Å². The largest absolute Gasteiger partial charge is 0.481 e. The first-order chi connectivity index (χ1) is 6.43. The van der Waals surface area contributed by atoms with Gasteiger partial charge in [-0.2, -0.15) is 0 Å². The van der Waals surface area contributed by atoms with E-state index in [9.17, 15) is 9.82 Å². The predicted molar refractivity (Wildman–Crippen MR) is 54.9 cm³/mol. The maximum Gasteiger partial charge on any atom is 0.376 e. The van der Waals surface area contributed by atoms with Gasteiger partial charge in [-0.3, -0.25) is 4.79 Å². The first kappa shape index (κ1) is 11.5. The van der Waals surface area contributed by atoms with Gasteiger partial charge < -0.3 is 14.9 Å². The van der Waals surface area contributed by atoms with Gasteiger partial charge in [-0.25, -0.2) is 0 Å². The fourth-order valence-corrected chi connectivity index (χ4v) is 2.27. The lowest BCUT2D eigenvalue weighted by molar-refractivity contribution is -0.145. The van der Waals surface area contributed by atoms with Crippen LogP contribution in [0.25, 0.3) is 0 Å². The Hall–Kier alpha value is -0.545. The standard InChI is InChI=1S/C9H18BNO3/c1-6-4-7(2)11(10(3)14)5-8(6)9(12)13/h6-8,14H,4-5H2,1-3H3,(H,12,13)/t6-,7-,8-/m0/s1. The van der Waals surface area contributed by atoms with Gasteiger partial charge in [0.25, 0.3) is 0 Å². The Morgan fingerprint density at radius 1 is 1.50 bits per heavy atom. The van der Waals surface area contributed by atoms with Crippen LogP contribution < -0.4 is 0 Å². The van der Waals surface area contributed by atoms with Crippen molar-refractivity contribution in [3.05, 3.63) is 0 Å². The summed E-state index contributed by atoms with van der Waals surface area (Å²) in [5, 5.41) is 18.5. The monoisotopic (exact) mass is 199 g/mol. The van der Waals surface area contributed by atoms with E-state index >= 15 is 0 Å². The Morgan fingerprint density at radius 3 is 2.50 bits per heavy atom. The van der Waals surface area contributed by atoms with E-state index in [1.807, 2.05) is 18.7 Å². The Morgan fingerprint density at radius 2 is 2.07 bits per heavy atom. The molecule has 80 valence electrons. The van der Waals surface area contributed by atoms with Gasteiger partial charge in [-0.1, -0.05) is 13.8 Å². The molecule has 1 saturated heterocycles. The Kier molecular flexibility index (Phi) is 3.56. The molecule has 1 fully saturated rings. The lowest BCUT2D eigenvalue weighted by Crippen LogP contribution is -2.53. The second-order valence-corrected chi connectivity index (χ2v) is 4.34. The molecule has 0 spiro atoms. The van der Waals surface area contributed by atoms with E-state index in [1.54, 1.807) is 6.82 Å². The molecule has 0 bridgehead atoms. The fourth-order valence-electron chi connectivity index (χ4n) is 2.27. The normalized spacial score (nSPS) is 34.1. The summed E-state index contributed by atoms with van der Waals surface area (Å²) in [6.45, 7) is 6.14. The summed E-state index contributed by atoms with van der Waals surface area (Å²) in [5.74, 6) is -0.909. The van der Waals surface area contributed by atoms with Gasteiger partial charge in [-0.05, 0) is 25.2 Å². The fraction of sp³-hybridized carbons (Fsp3) is 0.889. The lowest BCUT2D eigenvalue weighted by atomic mass is 9.74. The summed E-state index contributed by atoms with van der Waals surface area (Å²) in [6, 6.07) is 0.264. The number of carbonyl (C=O) groups is 1. The smallest absolute Gasteiger partial charge is 0.376 e. The molecule has 0 aliphatic carbocycles. The zero-order valence-corrected chi connectivity index (χ0v) is 8.97. The van der Waals surface area contributed by atoms with Crippen molar-refractivity contribution < 1.29 is 14.9 Å². The summed E-state index contributed by atoms with van der Waals surface area (Å²) in [4.78, 5) is 12.8. The molecule has 0 amide bonds. The molecule has 1 rings (SSSR count). The number of carboxylic acids is 1. The Balaban J connectivity index is 2.70. The molecule has 0 saturated carbocycles. The van der Waals surface area contributed by atoms with Crippen LogP contribution in [0.15, 0.2) is 0 Å². The van der Waals surface area contributed by atoms with Crippen LogP contribution in [0.1, 0.15) is 20.3 Å². The van der Waals surface area contributed by atoms with Crippen LogP contribution >= 0.6 is 0 Å². The highest BCUT2D eigenvalue weighted by Crippen LogP contribution is 2.27. The van der Waals surface area contributed by atoms with Crippen molar-refractivity contribution in [2.24, 2.45) is 11.8 Å². The number of hydrogen-bond acceptors (Lipinski definition) is 3. The molecule has 3 atom stereocenters. The maximum absolute atomic E-state index is 10.9. The van der Waals surface area contributed by atoms with E-state index in [0.29, 0.717) is 6.54 Å². The molecule has 1 heterocycles. The van der Waals surface area contributed by atoms with E-state index in [-0.39, 0.29) is 17.9 Å². The van der Waals surface area contributed by atoms with Crippen molar-refractivity contribution in [2.45, 2.75) is 33.1 Å². The van der Waals surface area contributed by atoms with E-state index in [0.717, 1.165) is 6.42 Å². The van der Waals surface area contributed by atoms with Gasteiger partial charge in [0.1, 0.15) is 0 Å². The number of hydrogen-bond donors (Lipinski definition) is 2. The lowest BCUT2D eigenvalue weighted by Gasteiger charge is -2.40. The first-order valence-electron chi connectivity index (χ1n) is 5.10. The predicted octanol–water partition coefficient (Wildman–Crippen LogP) is 0.528. The van der Waals surface area contributed by atoms with Gasteiger partial charge in [-0.15, -0.1) is 0 Å². The average Bonchev–Trinajstić information content (AvgIpc) is 2.02. The van der Waals surface area contributed by atoms with E-state index in [4.69, 9.17) is 5.11 Å². The van der Waals surface area contributed by atoms with Crippen molar-refractivity contribution in [1.29, 1.82) is 0 Å². The van der Waals surface area contributed by atoms with Crippen LogP contribution in [-0.2, 0) is 4.79 Å². The van der Waals surface area contributed by atoms with Crippen molar-refractivity contribution in [2.75, 3.05) is 6.54 Å². The molecule has 0 radical (unpaired) electrons.